The smallest absolute Gasteiger partial charge is 0.255 e. The van der Waals surface area contributed by atoms with Gasteiger partial charge in [-0.05, 0) is 83.1 Å². The summed E-state index contributed by atoms with van der Waals surface area (Å²) in [5, 5.41) is 22.2. The van der Waals surface area contributed by atoms with Crippen molar-refractivity contribution in [2.75, 3.05) is 37.0 Å². The first-order valence-electron chi connectivity index (χ1n) is 17.1. The van der Waals surface area contributed by atoms with E-state index in [9.17, 15) is 24.6 Å². The third-order valence-corrected chi connectivity index (χ3v) is 10.2. The van der Waals surface area contributed by atoms with Crippen LogP contribution in [0.1, 0.15) is 57.4 Å². The summed E-state index contributed by atoms with van der Waals surface area (Å²) < 4.78 is 15.8. The molecule has 0 saturated carbocycles. The molecule has 0 radical (unpaired) electrons. The molecule has 262 valence electrons. The molecule has 2 saturated heterocycles. The SMILES string of the molecule is O=C1CCC(N2Cc3c(ccc(CN4CCN(c5ccc(/C(=C(/CCCl)c6ccc(O)cc6)c6ccc(O)cc6)cc5)CC4)c3F)C2=O)C(=O)N1. The lowest BCUT2D eigenvalue weighted by Crippen LogP contribution is -2.52. The Morgan fingerprint density at radius 2 is 1.41 bits per heavy atom. The van der Waals surface area contributed by atoms with Crippen LogP contribution in [-0.2, 0) is 22.7 Å². The highest BCUT2D eigenvalue weighted by molar-refractivity contribution is 6.18. The third-order valence-electron chi connectivity index (χ3n) is 10.0. The van der Waals surface area contributed by atoms with Gasteiger partial charge in [-0.15, -0.1) is 11.6 Å². The number of carbonyl (C=O) groups is 3. The van der Waals surface area contributed by atoms with Crippen molar-refractivity contribution in [1.29, 1.82) is 0 Å². The Bertz CT molecular complexity index is 1990. The molecular weight excluding hydrogens is 671 g/mol. The zero-order valence-electron chi connectivity index (χ0n) is 27.9. The number of hydrogen-bond acceptors (Lipinski definition) is 7. The van der Waals surface area contributed by atoms with Crippen LogP contribution in [0.25, 0.3) is 11.1 Å². The van der Waals surface area contributed by atoms with E-state index >= 15 is 4.39 Å². The number of piperidine rings is 1. The molecule has 1 unspecified atom stereocenters. The van der Waals surface area contributed by atoms with Crippen LogP contribution in [0.2, 0.25) is 0 Å². The Hall–Kier alpha value is -5.19. The topological polar surface area (TPSA) is 113 Å². The van der Waals surface area contributed by atoms with Gasteiger partial charge in [0, 0.05) is 67.4 Å². The number of phenols is 2. The number of nitrogens with one attached hydrogen (secondary N) is 1. The summed E-state index contributed by atoms with van der Waals surface area (Å²) in [4.78, 5) is 43.0. The van der Waals surface area contributed by atoms with E-state index in [1.165, 1.54) is 4.90 Å². The molecule has 3 aliphatic heterocycles. The maximum Gasteiger partial charge on any atom is 0.255 e. The predicted octanol–water partition coefficient (Wildman–Crippen LogP) is 5.91. The number of imide groups is 1. The quantitative estimate of drug-likeness (QED) is 0.113. The fourth-order valence-corrected chi connectivity index (χ4v) is 7.52. The molecule has 11 heteroatoms. The Morgan fingerprint density at radius 3 is 2.02 bits per heavy atom. The number of fused-ring (bicyclic) bond motifs is 1. The van der Waals surface area contributed by atoms with Gasteiger partial charge in [-0.3, -0.25) is 24.6 Å². The van der Waals surface area contributed by atoms with Crippen molar-refractivity contribution < 1.29 is 29.0 Å². The molecular formula is C40H38ClFN4O5. The molecule has 3 heterocycles. The summed E-state index contributed by atoms with van der Waals surface area (Å²) in [6, 6.07) is 25.2. The largest absolute Gasteiger partial charge is 0.508 e. The number of anilines is 1. The molecule has 4 aromatic carbocycles. The van der Waals surface area contributed by atoms with Crippen LogP contribution in [0.4, 0.5) is 10.1 Å². The van der Waals surface area contributed by atoms with Crippen LogP contribution in [0.5, 0.6) is 11.5 Å². The zero-order valence-corrected chi connectivity index (χ0v) is 28.7. The lowest BCUT2D eigenvalue weighted by Gasteiger charge is -2.36. The third kappa shape index (κ3) is 7.07. The van der Waals surface area contributed by atoms with Crippen molar-refractivity contribution in [3.05, 3.63) is 124 Å². The minimum absolute atomic E-state index is 0.00977. The number of rotatable bonds is 9. The van der Waals surface area contributed by atoms with Crippen LogP contribution in [0.15, 0.2) is 84.9 Å². The number of phenolic OH excluding ortho intramolecular Hbond substituents is 2. The number of alkyl halides is 1. The maximum absolute atomic E-state index is 15.8. The van der Waals surface area contributed by atoms with Crippen molar-refractivity contribution in [3.63, 3.8) is 0 Å². The van der Waals surface area contributed by atoms with E-state index in [1.54, 1.807) is 36.4 Å². The summed E-state index contributed by atoms with van der Waals surface area (Å²) in [5.41, 5.74) is 7.08. The molecule has 2 fully saturated rings. The molecule has 3 aliphatic rings. The number of carbonyl (C=O) groups excluding carboxylic acids is 3. The number of hydrogen-bond donors (Lipinski definition) is 3. The van der Waals surface area contributed by atoms with Crippen molar-refractivity contribution >= 4 is 46.2 Å². The summed E-state index contributed by atoms with van der Waals surface area (Å²) in [5.74, 6) is -0.887. The van der Waals surface area contributed by atoms with Crippen molar-refractivity contribution in [2.45, 2.75) is 38.4 Å². The second kappa shape index (κ2) is 14.6. The Balaban J connectivity index is 1.04. The Labute approximate surface area is 300 Å². The van der Waals surface area contributed by atoms with Crippen molar-refractivity contribution in [3.8, 4) is 11.5 Å². The molecule has 9 nitrogen and oxygen atoms in total. The molecule has 0 spiro atoms. The number of allylic oxidation sites excluding steroid dienone is 1. The number of piperazine rings is 1. The van der Waals surface area contributed by atoms with E-state index < -0.39 is 17.8 Å². The fraction of sp³-hybridized carbons (Fsp3) is 0.275. The van der Waals surface area contributed by atoms with Gasteiger partial charge in [-0.2, -0.15) is 0 Å². The van der Waals surface area contributed by atoms with Gasteiger partial charge in [0.1, 0.15) is 23.4 Å². The molecule has 4 aromatic rings. The fourth-order valence-electron chi connectivity index (χ4n) is 7.33. The molecule has 3 N–H and O–H groups in total. The molecule has 0 aromatic heterocycles. The number of nitrogens with zero attached hydrogens (tertiary/aromatic N) is 3. The van der Waals surface area contributed by atoms with Gasteiger partial charge in [0.25, 0.3) is 5.91 Å². The van der Waals surface area contributed by atoms with Gasteiger partial charge < -0.3 is 20.0 Å². The van der Waals surface area contributed by atoms with E-state index in [1.807, 2.05) is 24.3 Å². The zero-order chi connectivity index (χ0) is 35.6. The van der Waals surface area contributed by atoms with E-state index in [0.717, 1.165) is 59.7 Å². The van der Waals surface area contributed by atoms with Crippen LogP contribution < -0.4 is 10.2 Å². The Morgan fingerprint density at radius 1 is 0.804 bits per heavy atom. The van der Waals surface area contributed by atoms with Crippen molar-refractivity contribution in [1.82, 2.24) is 15.1 Å². The first-order chi connectivity index (χ1) is 24.7. The van der Waals surface area contributed by atoms with E-state index in [-0.39, 0.29) is 48.3 Å². The normalized spacial score (nSPS) is 18.5. The van der Waals surface area contributed by atoms with Crippen molar-refractivity contribution in [2.24, 2.45) is 0 Å². The van der Waals surface area contributed by atoms with Gasteiger partial charge in [0.05, 0.1) is 6.54 Å². The average molecular weight is 709 g/mol. The maximum atomic E-state index is 15.8. The van der Waals surface area contributed by atoms with Gasteiger partial charge in [-0.25, -0.2) is 4.39 Å². The molecule has 51 heavy (non-hydrogen) atoms. The predicted molar refractivity (Wildman–Crippen MR) is 194 cm³/mol. The Kier molecular flexibility index (Phi) is 9.79. The first-order valence-corrected chi connectivity index (χ1v) is 17.6. The van der Waals surface area contributed by atoms with E-state index in [4.69, 9.17) is 11.6 Å². The standard InChI is InChI=1S/C40H38ClFN4O5/c41-18-17-32(25-3-10-30(47)11-4-25)37(27-5-12-31(48)13-6-27)26-1-8-29(9-2-26)45-21-19-44(20-22-45)23-28-7-14-33-34(38(28)42)24-46(40(33)51)35-15-16-36(49)43-39(35)50/h1-14,35,47-48H,15-24H2,(H,43,49,50)/b37-32+. The highest BCUT2D eigenvalue weighted by atomic mass is 35.5. The minimum atomic E-state index is -0.782. The highest BCUT2D eigenvalue weighted by Crippen LogP contribution is 2.37. The lowest BCUT2D eigenvalue weighted by molar-refractivity contribution is -0.136. The van der Waals surface area contributed by atoms with Crippen LogP contribution in [-0.4, -0.2) is 75.8 Å². The van der Waals surface area contributed by atoms with Gasteiger partial charge in [-0.1, -0.05) is 42.5 Å². The summed E-state index contributed by atoms with van der Waals surface area (Å²) >= 11 is 6.30. The minimum Gasteiger partial charge on any atom is -0.508 e. The second-order valence-corrected chi connectivity index (χ2v) is 13.5. The first kappa shape index (κ1) is 34.3. The van der Waals surface area contributed by atoms with Crippen LogP contribution in [0, 0.1) is 5.82 Å². The van der Waals surface area contributed by atoms with Gasteiger partial charge in [0.2, 0.25) is 11.8 Å². The number of benzene rings is 4. The number of halogens is 2. The number of aromatic hydroxyl groups is 2. The van der Waals surface area contributed by atoms with Gasteiger partial charge >= 0.3 is 0 Å². The van der Waals surface area contributed by atoms with E-state index in [2.05, 4.69) is 39.4 Å². The molecule has 1 atom stereocenters. The monoisotopic (exact) mass is 708 g/mol. The number of amides is 3. The summed E-state index contributed by atoms with van der Waals surface area (Å²) in [7, 11) is 0. The molecule has 7 rings (SSSR count). The van der Waals surface area contributed by atoms with Gasteiger partial charge in [0.15, 0.2) is 0 Å². The summed E-state index contributed by atoms with van der Waals surface area (Å²) in [6.07, 6.45) is 0.983. The van der Waals surface area contributed by atoms with Crippen LogP contribution >= 0.6 is 11.6 Å². The molecule has 0 bridgehead atoms. The molecule has 0 aliphatic carbocycles. The average Bonchev–Trinajstić information content (AvgIpc) is 3.47. The highest BCUT2D eigenvalue weighted by Gasteiger charge is 2.40. The lowest BCUT2D eigenvalue weighted by atomic mass is 9.88. The second-order valence-electron chi connectivity index (χ2n) is 13.2. The molecule has 3 amide bonds. The van der Waals surface area contributed by atoms with E-state index in [0.29, 0.717) is 30.0 Å². The van der Waals surface area contributed by atoms with Crippen LogP contribution in [0.3, 0.4) is 0 Å². The summed E-state index contributed by atoms with van der Waals surface area (Å²) in [6.45, 7) is 3.35.